The second-order valence-corrected chi connectivity index (χ2v) is 7.35. The zero-order valence-electron chi connectivity index (χ0n) is 14.2. The molecular weight excluding hydrogens is 355 g/mol. The Morgan fingerprint density at radius 1 is 1.08 bits per heavy atom. The molecule has 3 aromatic rings. The summed E-state index contributed by atoms with van der Waals surface area (Å²) in [5, 5.41) is 0. The highest BCUT2D eigenvalue weighted by molar-refractivity contribution is 7.92. The summed E-state index contributed by atoms with van der Waals surface area (Å²) >= 11 is 0. The number of aryl methyl sites for hydroxylation is 1. The number of halogens is 1. The Balaban J connectivity index is 1.97. The Bertz CT molecular complexity index is 1050. The number of benzene rings is 2. The third-order valence-electron chi connectivity index (χ3n) is 3.89. The lowest BCUT2D eigenvalue weighted by Gasteiger charge is -2.14. The lowest BCUT2D eigenvalue weighted by atomic mass is 10.0. The highest BCUT2D eigenvalue weighted by Crippen LogP contribution is 2.34. The first-order valence-electron chi connectivity index (χ1n) is 7.78. The fourth-order valence-electron chi connectivity index (χ4n) is 2.57. The van der Waals surface area contributed by atoms with Crippen LogP contribution in [0.4, 0.5) is 10.1 Å². The van der Waals surface area contributed by atoms with E-state index in [0.717, 1.165) is 22.8 Å². The summed E-state index contributed by atoms with van der Waals surface area (Å²) in [5.41, 5.74) is 3.03. The van der Waals surface area contributed by atoms with Crippen molar-refractivity contribution in [1.29, 1.82) is 0 Å². The molecule has 0 bridgehead atoms. The van der Waals surface area contributed by atoms with Crippen LogP contribution in [0.3, 0.4) is 0 Å². The molecule has 5 nitrogen and oxygen atoms in total. The van der Waals surface area contributed by atoms with E-state index in [1.54, 1.807) is 30.6 Å². The molecule has 3 rings (SSSR count). The van der Waals surface area contributed by atoms with E-state index in [0.29, 0.717) is 11.4 Å². The summed E-state index contributed by atoms with van der Waals surface area (Å²) in [4.78, 5) is 3.98. The first-order chi connectivity index (χ1) is 12.4. The van der Waals surface area contributed by atoms with E-state index in [4.69, 9.17) is 4.74 Å². The molecule has 2 aromatic carbocycles. The molecule has 1 heterocycles. The van der Waals surface area contributed by atoms with Gasteiger partial charge < -0.3 is 4.74 Å². The van der Waals surface area contributed by atoms with Gasteiger partial charge in [-0.1, -0.05) is 6.07 Å². The highest BCUT2D eigenvalue weighted by Gasteiger charge is 2.16. The first-order valence-corrected chi connectivity index (χ1v) is 9.26. The van der Waals surface area contributed by atoms with Gasteiger partial charge >= 0.3 is 0 Å². The number of methoxy groups -OCH3 is 1. The topological polar surface area (TPSA) is 68.3 Å². The Morgan fingerprint density at radius 3 is 2.58 bits per heavy atom. The van der Waals surface area contributed by atoms with Crippen molar-refractivity contribution in [3.63, 3.8) is 0 Å². The minimum Gasteiger partial charge on any atom is -0.496 e. The van der Waals surface area contributed by atoms with E-state index in [9.17, 15) is 12.8 Å². The normalized spacial score (nSPS) is 11.2. The van der Waals surface area contributed by atoms with Gasteiger partial charge in [0, 0.05) is 29.6 Å². The number of nitrogens with one attached hydrogen (secondary N) is 1. The van der Waals surface area contributed by atoms with E-state index < -0.39 is 15.8 Å². The van der Waals surface area contributed by atoms with Crippen molar-refractivity contribution >= 4 is 15.7 Å². The summed E-state index contributed by atoms with van der Waals surface area (Å²) in [5.74, 6) is -0.117. The van der Waals surface area contributed by atoms with Crippen LogP contribution >= 0.6 is 0 Å². The molecule has 0 aliphatic heterocycles. The van der Waals surface area contributed by atoms with E-state index in [1.165, 1.54) is 25.3 Å². The van der Waals surface area contributed by atoms with Gasteiger partial charge in [-0.15, -0.1) is 0 Å². The molecule has 1 N–H and O–H groups in total. The van der Waals surface area contributed by atoms with Crippen LogP contribution in [0.15, 0.2) is 65.8 Å². The van der Waals surface area contributed by atoms with E-state index in [1.807, 2.05) is 13.0 Å². The molecule has 0 spiro atoms. The minimum atomic E-state index is -3.90. The zero-order chi connectivity index (χ0) is 18.7. The molecule has 0 atom stereocenters. The SMILES string of the molecule is COc1cc(NS(=O)(=O)c2cccc(F)c2)ccc1-c1cnccc1C. The average molecular weight is 372 g/mol. The van der Waals surface area contributed by atoms with Crippen molar-refractivity contribution in [3.05, 3.63) is 72.3 Å². The number of hydrogen-bond acceptors (Lipinski definition) is 4. The molecule has 0 fully saturated rings. The van der Waals surface area contributed by atoms with Gasteiger partial charge in [-0.05, 0) is 48.9 Å². The van der Waals surface area contributed by atoms with Crippen molar-refractivity contribution in [3.8, 4) is 16.9 Å². The van der Waals surface area contributed by atoms with Crippen molar-refractivity contribution in [2.45, 2.75) is 11.8 Å². The van der Waals surface area contributed by atoms with Crippen molar-refractivity contribution in [2.75, 3.05) is 11.8 Å². The Morgan fingerprint density at radius 2 is 1.88 bits per heavy atom. The fraction of sp³-hybridized carbons (Fsp3) is 0.105. The molecule has 0 unspecified atom stereocenters. The van der Waals surface area contributed by atoms with Gasteiger partial charge in [0.1, 0.15) is 11.6 Å². The van der Waals surface area contributed by atoms with Crippen LogP contribution in [0.5, 0.6) is 5.75 Å². The quantitative estimate of drug-likeness (QED) is 0.735. The third kappa shape index (κ3) is 3.67. The molecule has 0 saturated heterocycles. The van der Waals surface area contributed by atoms with Gasteiger partial charge in [-0.25, -0.2) is 12.8 Å². The Labute approximate surface area is 151 Å². The summed E-state index contributed by atoms with van der Waals surface area (Å²) < 4.78 is 46.0. The molecular formula is C19H17FN2O3S. The number of nitrogens with zero attached hydrogens (tertiary/aromatic N) is 1. The minimum absolute atomic E-state index is 0.149. The molecule has 0 aliphatic carbocycles. The lowest BCUT2D eigenvalue weighted by molar-refractivity contribution is 0.416. The molecule has 0 radical (unpaired) electrons. The van der Waals surface area contributed by atoms with E-state index in [-0.39, 0.29) is 4.90 Å². The fourth-order valence-corrected chi connectivity index (χ4v) is 3.65. The zero-order valence-corrected chi connectivity index (χ0v) is 15.0. The van der Waals surface area contributed by atoms with Crippen LogP contribution in [0.25, 0.3) is 11.1 Å². The molecule has 0 amide bonds. The number of ether oxygens (including phenoxy) is 1. The summed E-state index contributed by atoms with van der Waals surface area (Å²) in [7, 11) is -2.40. The van der Waals surface area contributed by atoms with Crippen molar-refractivity contribution < 1.29 is 17.5 Å². The average Bonchev–Trinajstić information content (AvgIpc) is 2.62. The van der Waals surface area contributed by atoms with Gasteiger partial charge in [0.2, 0.25) is 0 Å². The predicted octanol–water partition coefficient (Wildman–Crippen LogP) is 4.01. The van der Waals surface area contributed by atoms with Gasteiger partial charge in [-0.3, -0.25) is 9.71 Å². The number of sulfonamides is 1. The maximum atomic E-state index is 13.3. The lowest BCUT2D eigenvalue weighted by Crippen LogP contribution is -2.13. The maximum Gasteiger partial charge on any atom is 0.261 e. The molecule has 7 heteroatoms. The van der Waals surface area contributed by atoms with Crippen LogP contribution in [0.2, 0.25) is 0 Å². The van der Waals surface area contributed by atoms with Gasteiger partial charge in [0.25, 0.3) is 10.0 Å². The standard InChI is InChI=1S/C19H17FN2O3S/c1-13-8-9-21-12-18(13)17-7-6-15(11-19(17)25-2)22-26(23,24)16-5-3-4-14(20)10-16/h3-12,22H,1-2H3. The summed E-state index contributed by atoms with van der Waals surface area (Å²) in [6, 6.07) is 11.7. The smallest absolute Gasteiger partial charge is 0.261 e. The molecule has 0 aliphatic rings. The van der Waals surface area contributed by atoms with Gasteiger partial charge in [0.05, 0.1) is 17.7 Å². The number of pyridine rings is 1. The molecule has 0 saturated carbocycles. The van der Waals surface area contributed by atoms with Crippen LogP contribution in [-0.4, -0.2) is 20.5 Å². The van der Waals surface area contributed by atoms with Crippen LogP contribution in [-0.2, 0) is 10.0 Å². The van der Waals surface area contributed by atoms with Crippen LogP contribution < -0.4 is 9.46 Å². The predicted molar refractivity (Wildman–Crippen MR) is 98.2 cm³/mol. The molecule has 134 valence electrons. The molecule has 1 aromatic heterocycles. The largest absolute Gasteiger partial charge is 0.496 e. The number of hydrogen-bond donors (Lipinski definition) is 1. The van der Waals surface area contributed by atoms with Crippen LogP contribution in [0, 0.1) is 12.7 Å². The maximum absolute atomic E-state index is 13.3. The van der Waals surface area contributed by atoms with Gasteiger partial charge in [0.15, 0.2) is 0 Å². The second kappa shape index (κ2) is 7.13. The van der Waals surface area contributed by atoms with E-state index in [2.05, 4.69) is 9.71 Å². The number of aromatic nitrogens is 1. The highest BCUT2D eigenvalue weighted by atomic mass is 32.2. The number of anilines is 1. The van der Waals surface area contributed by atoms with Crippen molar-refractivity contribution in [1.82, 2.24) is 4.98 Å². The summed E-state index contributed by atoms with van der Waals surface area (Å²) in [6.07, 6.45) is 3.43. The first kappa shape index (κ1) is 17.9. The van der Waals surface area contributed by atoms with Gasteiger partial charge in [-0.2, -0.15) is 0 Å². The Hall–Kier alpha value is -2.93. The monoisotopic (exact) mass is 372 g/mol. The number of rotatable bonds is 5. The summed E-state index contributed by atoms with van der Waals surface area (Å²) in [6.45, 7) is 1.96. The Kier molecular flexibility index (Phi) is 4.90. The van der Waals surface area contributed by atoms with E-state index >= 15 is 0 Å². The second-order valence-electron chi connectivity index (χ2n) is 5.67. The third-order valence-corrected chi connectivity index (χ3v) is 5.27. The molecule has 26 heavy (non-hydrogen) atoms. The van der Waals surface area contributed by atoms with Crippen molar-refractivity contribution in [2.24, 2.45) is 0 Å². The van der Waals surface area contributed by atoms with Crippen LogP contribution in [0.1, 0.15) is 5.56 Å².